The van der Waals surface area contributed by atoms with Crippen LogP contribution in [0.2, 0.25) is 0 Å². The molecule has 131 valence electrons. The predicted molar refractivity (Wildman–Crippen MR) is 48.9 cm³/mol. The summed E-state index contributed by atoms with van der Waals surface area (Å²) in [6.07, 6.45) is 1.96. The quantitative estimate of drug-likeness (QED) is 0.264. The molecule has 0 spiro atoms. The number of hydrogen-bond acceptors (Lipinski definition) is 0. The molecule has 0 aliphatic rings. The van der Waals surface area contributed by atoms with Crippen molar-refractivity contribution in [2.24, 2.45) is 0 Å². The van der Waals surface area contributed by atoms with Crippen LogP contribution in [-0.2, 0) is 687 Å². The Morgan fingerprint density at radius 3 is 0.625 bits per heavy atom. The maximum Gasteiger partial charge on any atom is 0 e. The molecular weight excluding hydrogens is 2010 g/mol. The second-order valence-electron chi connectivity index (χ2n) is 2.05. The van der Waals surface area contributed by atoms with Crippen molar-refractivity contribution in [2.45, 2.75) is 0 Å². The Morgan fingerprint density at radius 2 is 0.500 bits per heavy atom. The molecule has 25 heteroatoms. The van der Waals surface area contributed by atoms with Crippen LogP contribution in [0.25, 0.3) is 22.1 Å². The van der Waals surface area contributed by atoms with Gasteiger partial charge in [0.15, 0.2) is 0 Å². The topological polar surface area (TPSA) is 75.8 Å². The van der Waals surface area contributed by atoms with Gasteiger partial charge in [-0.05, 0) is 0 Å². The molecule has 0 bridgehead atoms. The van der Waals surface area contributed by atoms with E-state index in [2.05, 4.69) is 10.6 Å². The Kier molecular flexibility index (Phi) is 682. The van der Waals surface area contributed by atoms with Gasteiger partial charge >= 0.3 is 0 Å². The first-order valence-electron chi connectivity index (χ1n) is 3.79. The van der Waals surface area contributed by atoms with Crippen LogP contribution in [-0.4, -0.2) is 39.3 Å². The van der Waals surface area contributed by atoms with E-state index in [-0.39, 0.29) is 687 Å². The van der Waals surface area contributed by atoms with Crippen molar-refractivity contribution in [3.05, 3.63) is 28.5 Å². The van der Waals surface area contributed by atoms with Crippen LogP contribution >= 0.6 is 0 Å². The molecule has 0 aromatic carbocycles. The zero-order valence-corrected chi connectivity index (χ0v) is 78.4. The molecule has 0 amide bonds. The van der Waals surface area contributed by atoms with Crippen molar-refractivity contribution in [1.29, 1.82) is 0 Å². The Labute approximate surface area is 728 Å². The van der Waals surface area contributed by atoms with E-state index < -0.39 is 0 Å². The molecule has 32 heavy (non-hydrogen) atoms. The zero-order valence-electron chi connectivity index (χ0n) is 18.8. The third kappa shape index (κ3) is 149. The fraction of sp³-hybridized carbons (Fsp3) is 0.857. The van der Waals surface area contributed by atoms with Crippen LogP contribution in [0.3, 0.4) is 0 Å². The van der Waals surface area contributed by atoms with Crippen molar-refractivity contribution < 1.29 is 687 Å². The zero-order chi connectivity index (χ0) is 8.36. The van der Waals surface area contributed by atoms with E-state index in [1.807, 2.05) is 6.42 Å². The van der Waals surface area contributed by atoms with Crippen LogP contribution in [0.1, 0.15) is 0 Å². The van der Waals surface area contributed by atoms with E-state index in [9.17, 15) is 0 Å². The molecule has 2 N–H and O–H groups in total. The van der Waals surface area contributed by atoms with E-state index in [1.54, 1.807) is 0 Å². The van der Waals surface area contributed by atoms with Crippen molar-refractivity contribution in [2.75, 3.05) is 39.3 Å². The van der Waals surface area contributed by atoms with E-state index in [1.165, 1.54) is 0 Å². The monoisotopic (exact) mass is 2020 g/mol. The van der Waals surface area contributed by atoms with E-state index in [0.29, 0.717) is 39.3 Å². The number of nitrogens with zero attached hydrogens (tertiary/aromatic N) is 2. The summed E-state index contributed by atoms with van der Waals surface area (Å²) < 4.78 is 0. The number of rotatable bonds is 8. The Balaban J connectivity index is -0.00000000238. The van der Waals surface area contributed by atoms with Gasteiger partial charge in [0, 0.05) is 687 Å². The van der Waals surface area contributed by atoms with Gasteiger partial charge < -0.3 is 28.5 Å². The molecule has 0 aromatic heterocycles. The summed E-state index contributed by atoms with van der Waals surface area (Å²) in [6, 6.07) is 0. The second kappa shape index (κ2) is 148. The van der Waals surface area contributed by atoms with Gasteiger partial charge in [-0.15, -0.1) is 0 Å². The Hall–Kier alpha value is 23.0. The number of hydrogen-bond donors (Lipinski definition) is 0. The molecule has 0 aromatic rings. The van der Waals surface area contributed by atoms with Crippen LogP contribution < -0.4 is 0 Å². The van der Waals surface area contributed by atoms with Crippen molar-refractivity contribution >= 4 is 0 Å². The van der Waals surface area contributed by atoms with E-state index in [4.69, 9.17) is 11.5 Å². The fourth-order valence-corrected chi connectivity index (χ4v) is 0.581. The minimum absolute atomic E-state index is 0. The standard InChI is InChI=1S/C7H15N4.21Y/c8-2-6-10-4-1-5-11-7-3-9;;;;;;;;;;;;;;;;;;;;;/h1,8-9H,2-7H2;;;;;;;;;;;;;;;;;;;;;/q-5;;;;;;;;;;;;;;;;;;;;;. The first-order chi connectivity index (χ1) is 5.41. The summed E-state index contributed by atoms with van der Waals surface area (Å²) in [6.45, 7) is 3.38. The molecule has 0 atom stereocenters. The van der Waals surface area contributed by atoms with E-state index in [0.717, 1.165) is 0 Å². The molecule has 0 heterocycles. The smallest absolute Gasteiger partial charge is 0 e. The summed E-state index contributed by atoms with van der Waals surface area (Å²) >= 11 is 0. The minimum Gasteiger partial charge on any atom is -0.690 e. The largest absolute Gasteiger partial charge is 0.690 e. The van der Waals surface area contributed by atoms with Gasteiger partial charge in [-0.25, -0.2) is 0 Å². The van der Waals surface area contributed by atoms with Crippen LogP contribution in [0.15, 0.2) is 0 Å². The van der Waals surface area contributed by atoms with E-state index >= 15 is 0 Å². The third-order valence-electron chi connectivity index (χ3n) is 1.06. The van der Waals surface area contributed by atoms with Crippen LogP contribution in [0.4, 0.5) is 0 Å². The molecule has 21 radical (unpaired) electrons. The minimum atomic E-state index is 0. The van der Waals surface area contributed by atoms with Crippen LogP contribution in [0.5, 0.6) is 0 Å². The summed E-state index contributed by atoms with van der Waals surface area (Å²) in [5.74, 6) is 0. The van der Waals surface area contributed by atoms with Gasteiger partial charge in [0.1, 0.15) is 0 Å². The summed E-state index contributed by atoms with van der Waals surface area (Å²) in [5, 5.41) is 8.08. The summed E-state index contributed by atoms with van der Waals surface area (Å²) in [4.78, 5) is 0. The van der Waals surface area contributed by atoms with Crippen molar-refractivity contribution in [3.63, 3.8) is 0 Å². The van der Waals surface area contributed by atoms with Gasteiger partial charge in [-0.2, -0.15) is 26.2 Å². The molecular formula is C7H15N4Y21-5. The second-order valence-corrected chi connectivity index (χ2v) is 2.05. The number of nitrogens with one attached hydrogen (secondary N) is 2. The molecule has 0 rings (SSSR count). The molecule has 0 fully saturated rings. The average molecular weight is 2020 g/mol. The SMILES string of the molecule is [NH-]CC[N-]C[CH-]C[N-]CC[NH-].[Y].[Y].[Y].[Y].[Y].[Y].[Y].[Y].[Y].[Y].[Y].[Y].[Y].[Y].[Y].[Y].[Y].[Y].[Y].[Y].[Y]. The summed E-state index contributed by atoms with van der Waals surface area (Å²) in [7, 11) is 0. The first kappa shape index (κ1) is 147. The van der Waals surface area contributed by atoms with Crippen molar-refractivity contribution in [1.82, 2.24) is 0 Å². The maximum atomic E-state index is 6.79. The molecule has 0 aliphatic carbocycles. The Morgan fingerprint density at radius 1 is 0.344 bits per heavy atom. The van der Waals surface area contributed by atoms with Gasteiger partial charge in [0.2, 0.25) is 0 Å². The van der Waals surface area contributed by atoms with Gasteiger partial charge in [0.25, 0.3) is 0 Å². The fourth-order valence-electron chi connectivity index (χ4n) is 0.581. The van der Waals surface area contributed by atoms with Gasteiger partial charge in [-0.3, -0.25) is 13.1 Å². The van der Waals surface area contributed by atoms with Crippen LogP contribution in [0, 0.1) is 6.42 Å². The maximum absolute atomic E-state index is 6.79. The molecule has 0 saturated carbocycles. The normalized spacial score (nSPS) is 3.56. The van der Waals surface area contributed by atoms with Gasteiger partial charge in [-0.1, -0.05) is 0 Å². The molecule has 0 unspecified atom stereocenters. The molecule has 0 aliphatic heterocycles. The summed E-state index contributed by atoms with van der Waals surface area (Å²) in [5.41, 5.74) is 13.6. The molecule has 0 saturated heterocycles. The first-order valence-corrected chi connectivity index (χ1v) is 3.79. The van der Waals surface area contributed by atoms with Gasteiger partial charge in [0.05, 0.1) is 0 Å². The average Bonchev–Trinajstić information content (AvgIpc) is 2.03. The third-order valence-corrected chi connectivity index (χ3v) is 1.06. The predicted octanol–water partition coefficient (Wildman–Crippen LogP) is 1.99. The van der Waals surface area contributed by atoms with Crippen molar-refractivity contribution in [3.8, 4) is 0 Å². The Bertz CT molecular complexity index is 89.2. The molecule has 4 nitrogen and oxygen atoms in total.